The molecule has 0 spiro atoms. The van der Waals surface area contributed by atoms with Crippen LogP contribution in [0.1, 0.15) is 120 Å². The summed E-state index contributed by atoms with van der Waals surface area (Å²) in [7, 11) is 0. The van der Waals surface area contributed by atoms with Gasteiger partial charge >= 0.3 is 5.97 Å². The second-order valence-electron chi connectivity index (χ2n) is 30.8. The van der Waals surface area contributed by atoms with Crippen LogP contribution in [0, 0.1) is 44.8 Å². The van der Waals surface area contributed by atoms with Gasteiger partial charge in [0.15, 0.2) is 31.5 Å². The number of esters is 1. The van der Waals surface area contributed by atoms with Gasteiger partial charge in [0.05, 0.1) is 55.8 Å². The fourth-order valence-electron chi connectivity index (χ4n) is 18.6. The molecule has 11 aliphatic rings. The number of allylic oxidation sites excluding steroid dienone is 2. The Labute approximate surface area is 550 Å². The van der Waals surface area contributed by atoms with Crippen molar-refractivity contribution in [3.05, 3.63) is 11.6 Å². The molecular weight excluding hydrogens is 1260 g/mol. The van der Waals surface area contributed by atoms with Crippen LogP contribution in [-0.2, 0) is 61.6 Å². The third-order valence-corrected chi connectivity index (χ3v) is 24.8. The molecule has 11 rings (SSSR count). The molecule has 4 saturated carbocycles. The van der Waals surface area contributed by atoms with Crippen molar-refractivity contribution >= 4 is 5.97 Å². The van der Waals surface area contributed by atoms with Gasteiger partial charge in [-0.3, -0.25) is 4.79 Å². The van der Waals surface area contributed by atoms with E-state index >= 15 is 4.79 Å². The first-order valence-corrected chi connectivity index (χ1v) is 33.7. The summed E-state index contributed by atoms with van der Waals surface area (Å²) >= 11 is 0. The first kappa shape index (κ1) is 74.2. The minimum Gasteiger partial charge on any atom is -0.432 e. The molecule has 5 aliphatic carbocycles. The Morgan fingerprint density at radius 2 is 1.03 bits per heavy atom. The average molecular weight is 1370 g/mol. The molecule has 6 saturated heterocycles. The number of rotatable bonds is 15. The molecule has 0 aromatic rings. The third-order valence-electron chi connectivity index (χ3n) is 24.8. The van der Waals surface area contributed by atoms with Gasteiger partial charge in [-0.2, -0.15) is 0 Å². The van der Waals surface area contributed by atoms with Crippen LogP contribution in [0.2, 0.25) is 0 Å². The second-order valence-corrected chi connectivity index (χ2v) is 30.8. The van der Waals surface area contributed by atoms with Gasteiger partial charge in [0.1, 0.15) is 128 Å². The Balaban J connectivity index is 0.779. The summed E-state index contributed by atoms with van der Waals surface area (Å²) in [6.07, 6.45) is -41.0. The summed E-state index contributed by atoms with van der Waals surface area (Å²) in [6.45, 7) is 13.0. The summed E-state index contributed by atoms with van der Waals surface area (Å²) in [4.78, 5) is 15.3. The second kappa shape index (κ2) is 27.7. The first-order valence-electron chi connectivity index (χ1n) is 33.7. The summed E-state index contributed by atoms with van der Waals surface area (Å²) in [5.41, 5.74) is -3.16. The van der Waals surface area contributed by atoms with Crippen LogP contribution in [0.25, 0.3) is 0 Å². The van der Waals surface area contributed by atoms with Crippen molar-refractivity contribution in [2.45, 2.75) is 309 Å². The minimum atomic E-state index is -1.93. The minimum absolute atomic E-state index is 0.00528. The van der Waals surface area contributed by atoms with Crippen LogP contribution in [0.4, 0.5) is 0 Å². The highest BCUT2D eigenvalue weighted by molar-refractivity contribution is 5.79. The molecule has 0 radical (unpaired) electrons. The molecule has 10 fully saturated rings. The van der Waals surface area contributed by atoms with Crippen LogP contribution >= 0.6 is 0 Å². The topological polar surface area (TPSA) is 492 Å². The van der Waals surface area contributed by atoms with E-state index in [1.165, 1.54) is 13.8 Å². The molecule has 95 heavy (non-hydrogen) atoms. The number of hydrogen-bond donors (Lipinski definition) is 18. The Morgan fingerprint density at radius 1 is 0.505 bits per heavy atom. The highest BCUT2D eigenvalue weighted by atomic mass is 16.8. The maximum Gasteiger partial charge on any atom is 0.315 e. The van der Waals surface area contributed by atoms with Crippen LogP contribution in [-0.4, -0.2) is 314 Å². The third kappa shape index (κ3) is 12.8. The van der Waals surface area contributed by atoms with Gasteiger partial charge in [-0.05, 0) is 124 Å². The van der Waals surface area contributed by atoms with E-state index in [0.717, 1.165) is 5.57 Å². The number of carbonyl (C=O) groups excluding carboxylic acids is 1. The first-order chi connectivity index (χ1) is 44.5. The smallest absolute Gasteiger partial charge is 0.315 e. The fraction of sp³-hybridized carbons (Fsp3) is 0.953. The van der Waals surface area contributed by atoms with E-state index in [-0.39, 0.29) is 23.2 Å². The maximum absolute atomic E-state index is 15.3. The standard InChI is InChI=1S/C64H104O31/c1-24-35(67)40(72)45(77)53(86-24)93-50-29(21-66)89-52(49(81)44(50)76)84-22-30-38(70)43(75)48(80)56(90-30)95-58(82)64-17-15-59(3,4)19-27(64)26-9-10-32-60(5)13-12-34(63(8,83)33(60)11-14-62(32,7)61(26,6)16-18-64)92-57-51(94-54-46(78)41(73)36(68)25(2)87-54)39(71)31(23-85-57)91-55-47(79)42(74)37(69)28(20-65)88-55/h9,24-25,27-57,65-81,83H,10-23H2,1-8H3/t24-,25-,27-,28+,29+,30+,31-,32+,33+,34-,35-,36-,37+,38+,39-,40+,41+,42-,43-,44+,45+,46+,47+,48+,49+,50+,51+,52+,53-,54-,55-,56-,57-,60+,61+,62+,63-,64-/m0/s1. The average Bonchev–Trinajstić information content (AvgIpc) is 0.679. The number of carbonyl (C=O) groups is 1. The van der Waals surface area contributed by atoms with Crippen molar-refractivity contribution in [1.82, 2.24) is 0 Å². The summed E-state index contributed by atoms with van der Waals surface area (Å²) in [5, 5.41) is 197. The van der Waals surface area contributed by atoms with E-state index < -0.39 is 244 Å². The van der Waals surface area contributed by atoms with E-state index in [1.54, 1.807) is 6.92 Å². The number of hydrogen-bond acceptors (Lipinski definition) is 31. The molecule has 0 amide bonds. The van der Waals surface area contributed by atoms with Crippen LogP contribution < -0.4 is 0 Å². The lowest BCUT2D eigenvalue weighted by molar-refractivity contribution is -0.382. The van der Waals surface area contributed by atoms with Gasteiger partial charge in [-0.15, -0.1) is 0 Å². The number of aliphatic hydroxyl groups excluding tert-OH is 17. The summed E-state index contributed by atoms with van der Waals surface area (Å²) < 4.78 is 71.4. The van der Waals surface area contributed by atoms with Gasteiger partial charge in [-0.25, -0.2) is 0 Å². The fourth-order valence-corrected chi connectivity index (χ4v) is 18.6. The molecule has 18 N–H and O–H groups in total. The molecule has 6 aliphatic heterocycles. The van der Waals surface area contributed by atoms with Crippen molar-refractivity contribution in [3.63, 3.8) is 0 Å². The van der Waals surface area contributed by atoms with Gasteiger partial charge in [-0.1, -0.05) is 46.3 Å². The maximum atomic E-state index is 15.3. The normalized spacial score (nSPS) is 55.6. The number of aliphatic hydroxyl groups is 18. The Kier molecular flexibility index (Phi) is 21.6. The molecule has 6 heterocycles. The lowest BCUT2D eigenvalue weighted by atomic mass is 9.34. The molecule has 31 nitrogen and oxygen atoms in total. The lowest BCUT2D eigenvalue weighted by Crippen LogP contribution is -2.68. The molecule has 0 aromatic heterocycles. The summed E-state index contributed by atoms with van der Waals surface area (Å²) in [5.74, 6) is -1.38. The molecule has 0 unspecified atom stereocenters. The van der Waals surface area contributed by atoms with Crippen LogP contribution in [0.15, 0.2) is 11.6 Å². The zero-order valence-corrected chi connectivity index (χ0v) is 54.9. The predicted octanol–water partition coefficient (Wildman–Crippen LogP) is -4.97. The molecule has 38 atom stereocenters. The largest absolute Gasteiger partial charge is 0.432 e. The Morgan fingerprint density at radius 3 is 1.64 bits per heavy atom. The SMILES string of the molecule is C[C@@H]1O[C@@H](O[C@H]2[C@H](O[C@H]3CC[C@]4(C)[C@H]5CC=C6[C@@H]7CC(C)(C)CC[C@]7(C(=O)O[C@@H]7O[C@H](CO[C@@H]8O[C@H](CO)[C@@H](O[C@@H]9O[C@@H](C)[C@H](O)[C@@H](O)[C@H]9O)[C@H](O)[C@H]8O)[C@@H](O)[C@H](O)[C@H]7O)CC[C@@]6(C)[C@]5(C)CC[C@H]4[C@]3(C)O)OC[C@H](O[C@@H]3O[C@H](CO)[C@@H](O)[C@H](O)[C@H]3O)[C@@H]2O)[C@H](O)[C@H](O)[C@H]1O. The number of fused-ring (bicyclic) bond motifs is 7. The van der Waals surface area contributed by atoms with E-state index in [2.05, 4.69) is 40.7 Å². The Bertz CT molecular complexity index is 2670. The van der Waals surface area contributed by atoms with Gasteiger partial charge in [0.2, 0.25) is 6.29 Å². The van der Waals surface area contributed by atoms with Crippen molar-refractivity contribution in [2.75, 3.05) is 26.4 Å². The number of ether oxygens (including phenoxy) is 12. The molecule has 0 aromatic carbocycles. The van der Waals surface area contributed by atoms with Gasteiger partial charge in [0.25, 0.3) is 0 Å². The monoisotopic (exact) mass is 1370 g/mol. The van der Waals surface area contributed by atoms with E-state index in [9.17, 15) is 91.9 Å². The highest BCUT2D eigenvalue weighted by Crippen LogP contribution is 2.75. The van der Waals surface area contributed by atoms with E-state index in [0.29, 0.717) is 64.2 Å². The lowest BCUT2D eigenvalue weighted by Gasteiger charge is -2.71. The van der Waals surface area contributed by atoms with E-state index in [1.807, 2.05) is 0 Å². The van der Waals surface area contributed by atoms with Crippen LogP contribution in [0.5, 0.6) is 0 Å². The quantitative estimate of drug-likeness (QED) is 0.0415. The molecule has 546 valence electrons. The Hall–Kier alpha value is -1.95. The van der Waals surface area contributed by atoms with Crippen molar-refractivity contribution in [2.24, 2.45) is 44.8 Å². The molecule has 31 heteroatoms. The van der Waals surface area contributed by atoms with Crippen molar-refractivity contribution < 1.29 is 154 Å². The predicted molar refractivity (Wildman–Crippen MR) is 316 cm³/mol. The highest BCUT2D eigenvalue weighted by Gasteiger charge is 2.71. The zero-order valence-electron chi connectivity index (χ0n) is 54.9. The van der Waals surface area contributed by atoms with Crippen molar-refractivity contribution in [3.8, 4) is 0 Å². The van der Waals surface area contributed by atoms with Crippen molar-refractivity contribution in [1.29, 1.82) is 0 Å². The van der Waals surface area contributed by atoms with Gasteiger partial charge < -0.3 is 149 Å². The zero-order chi connectivity index (χ0) is 69.3. The van der Waals surface area contributed by atoms with Gasteiger partial charge in [0, 0.05) is 0 Å². The summed E-state index contributed by atoms with van der Waals surface area (Å²) in [6, 6.07) is 0. The van der Waals surface area contributed by atoms with Crippen LogP contribution in [0.3, 0.4) is 0 Å². The van der Waals surface area contributed by atoms with E-state index in [4.69, 9.17) is 56.8 Å². The molecule has 0 bridgehead atoms. The molecular formula is C64H104O31.